The van der Waals surface area contributed by atoms with Gasteiger partial charge in [-0.1, -0.05) is 23.8 Å². The summed E-state index contributed by atoms with van der Waals surface area (Å²) >= 11 is 1.72. The number of thioether (sulfide) groups is 1. The van der Waals surface area contributed by atoms with Crippen LogP contribution >= 0.6 is 11.8 Å². The molecule has 6 heteroatoms. The molecule has 2 saturated heterocycles. The SMILES string of the molecule is Cc1ccc(N2C(=O)CSC23CCN(C(=O)Nc2ccc(C)c(C)c2)CC3)cc1. The minimum atomic E-state index is -0.246. The maximum absolute atomic E-state index is 12.7. The molecule has 1 spiro atoms. The van der Waals surface area contributed by atoms with Crippen molar-refractivity contribution in [3.63, 3.8) is 0 Å². The zero-order chi connectivity index (χ0) is 20.6. The zero-order valence-corrected chi connectivity index (χ0v) is 18.0. The molecular weight excluding hydrogens is 382 g/mol. The van der Waals surface area contributed by atoms with Gasteiger partial charge >= 0.3 is 6.03 Å². The molecule has 2 aliphatic heterocycles. The Morgan fingerprint density at radius 2 is 1.69 bits per heavy atom. The molecule has 4 rings (SSSR count). The fraction of sp³-hybridized carbons (Fsp3) is 0.391. The number of piperidine rings is 1. The van der Waals surface area contributed by atoms with Crippen molar-refractivity contribution in [1.82, 2.24) is 4.90 Å². The first kappa shape index (κ1) is 19.8. The van der Waals surface area contributed by atoms with E-state index >= 15 is 0 Å². The summed E-state index contributed by atoms with van der Waals surface area (Å²) in [5, 5.41) is 3.02. The Balaban J connectivity index is 1.44. The summed E-state index contributed by atoms with van der Waals surface area (Å²) in [6.45, 7) is 7.43. The van der Waals surface area contributed by atoms with Gasteiger partial charge in [0.15, 0.2) is 0 Å². The lowest BCUT2D eigenvalue weighted by molar-refractivity contribution is -0.116. The fourth-order valence-electron chi connectivity index (χ4n) is 4.07. The van der Waals surface area contributed by atoms with Crippen LogP contribution in [0.4, 0.5) is 16.2 Å². The van der Waals surface area contributed by atoms with Crippen LogP contribution in [0.3, 0.4) is 0 Å². The lowest BCUT2D eigenvalue weighted by Crippen LogP contribution is -2.53. The normalized spacial score (nSPS) is 18.4. The Hall–Kier alpha value is -2.47. The molecule has 0 aliphatic carbocycles. The second-order valence-electron chi connectivity index (χ2n) is 8.02. The van der Waals surface area contributed by atoms with E-state index in [0.717, 1.165) is 29.8 Å². The maximum Gasteiger partial charge on any atom is 0.321 e. The number of anilines is 2. The van der Waals surface area contributed by atoms with Crippen molar-refractivity contribution in [2.75, 3.05) is 29.1 Å². The average Bonchev–Trinajstić information content (AvgIpc) is 3.02. The van der Waals surface area contributed by atoms with E-state index in [-0.39, 0.29) is 16.8 Å². The highest BCUT2D eigenvalue weighted by Gasteiger charge is 2.49. The van der Waals surface area contributed by atoms with Crippen LogP contribution in [-0.4, -0.2) is 40.6 Å². The van der Waals surface area contributed by atoms with E-state index in [1.54, 1.807) is 11.8 Å². The number of rotatable bonds is 2. The van der Waals surface area contributed by atoms with E-state index in [1.165, 1.54) is 11.1 Å². The molecule has 152 valence electrons. The molecular formula is C23H27N3O2S. The minimum Gasteiger partial charge on any atom is -0.324 e. The van der Waals surface area contributed by atoms with E-state index in [1.807, 2.05) is 66.1 Å². The molecule has 0 atom stereocenters. The van der Waals surface area contributed by atoms with Crippen molar-refractivity contribution in [1.29, 1.82) is 0 Å². The van der Waals surface area contributed by atoms with Gasteiger partial charge in [-0.3, -0.25) is 9.69 Å². The molecule has 2 aliphatic rings. The Kier molecular flexibility index (Phi) is 5.30. The molecule has 5 nitrogen and oxygen atoms in total. The van der Waals surface area contributed by atoms with Crippen molar-refractivity contribution in [2.45, 2.75) is 38.5 Å². The number of nitrogens with zero attached hydrogens (tertiary/aromatic N) is 2. The molecule has 29 heavy (non-hydrogen) atoms. The number of carbonyl (C=O) groups is 2. The first-order valence-corrected chi connectivity index (χ1v) is 11.0. The Labute approximate surface area is 176 Å². The lowest BCUT2D eigenvalue weighted by Gasteiger charge is -2.43. The molecule has 2 heterocycles. The van der Waals surface area contributed by atoms with Gasteiger partial charge in [-0.2, -0.15) is 0 Å². The van der Waals surface area contributed by atoms with Crippen molar-refractivity contribution < 1.29 is 9.59 Å². The van der Waals surface area contributed by atoms with Gasteiger partial charge in [-0.05, 0) is 69.0 Å². The van der Waals surface area contributed by atoms with Gasteiger partial charge in [-0.25, -0.2) is 4.79 Å². The van der Waals surface area contributed by atoms with E-state index < -0.39 is 0 Å². The van der Waals surface area contributed by atoms with E-state index in [2.05, 4.69) is 12.2 Å². The van der Waals surface area contributed by atoms with Crippen LogP contribution in [0.1, 0.15) is 29.5 Å². The van der Waals surface area contributed by atoms with E-state index in [9.17, 15) is 9.59 Å². The van der Waals surface area contributed by atoms with Crippen LogP contribution in [0.25, 0.3) is 0 Å². The molecule has 0 radical (unpaired) electrons. The Bertz CT molecular complexity index is 934. The largest absolute Gasteiger partial charge is 0.324 e. The van der Waals surface area contributed by atoms with E-state index in [4.69, 9.17) is 0 Å². The summed E-state index contributed by atoms with van der Waals surface area (Å²) < 4.78 is 0. The van der Waals surface area contributed by atoms with Gasteiger partial charge in [0.25, 0.3) is 0 Å². The molecule has 2 aromatic carbocycles. The first-order chi connectivity index (χ1) is 13.9. The number of carbonyl (C=O) groups excluding carboxylic acids is 2. The summed E-state index contributed by atoms with van der Waals surface area (Å²) in [6.07, 6.45) is 1.55. The van der Waals surface area contributed by atoms with Crippen LogP contribution < -0.4 is 10.2 Å². The maximum atomic E-state index is 12.7. The fourth-order valence-corrected chi connectivity index (χ4v) is 5.40. The highest BCUT2D eigenvalue weighted by atomic mass is 32.2. The molecule has 1 N–H and O–H groups in total. The summed E-state index contributed by atoms with van der Waals surface area (Å²) in [7, 11) is 0. The Morgan fingerprint density at radius 3 is 2.34 bits per heavy atom. The number of nitrogens with one attached hydrogen (secondary N) is 1. The highest BCUT2D eigenvalue weighted by Crippen LogP contribution is 2.46. The van der Waals surface area contributed by atoms with Crippen LogP contribution in [0.15, 0.2) is 42.5 Å². The lowest BCUT2D eigenvalue weighted by atomic mass is 10.0. The third-order valence-electron chi connectivity index (χ3n) is 6.00. The molecule has 3 amide bonds. The minimum absolute atomic E-state index is 0.0701. The van der Waals surface area contributed by atoms with Crippen molar-refractivity contribution in [3.05, 3.63) is 59.2 Å². The van der Waals surface area contributed by atoms with Gasteiger partial charge in [0.1, 0.15) is 0 Å². The van der Waals surface area contributed by atoms with Crippen LogP contribution in [-0.2, 0) is 4.79 Å². The molecule has 0 unspecified atom stereocenters. The number of urea groups is 1. The second-order valence-corrected chi connectivity index (χ2v) is 9.35. The average molecular weight is 410 g/mol. The molecule has 0 aromatic heterocycles. The van der Waals surface area contributed by atoms with Gasteiger partial charge in [-0.15, -0.1) is 11.8 Å². The summed E-state index contributed by atoms with van der Waals surface area (Å²) in [5.41, 5.74) is 5.33. The van der Waals surface area contributed by atoms with E-state index in [0.29, 0.717) is 18.8 Å². The molecule has 0 saturated carbocycles. The zero-order valence-electron chi connectivity index (χ0n) is 17.2. The number of benzene rings is 2. The number of aryl methyl sites for hydroxylation is 3. The second kappa shape index (κ2) is 7.75. The number of amides is 3. The van der Waals surface area contributed by atoms with Gasteiger partial charge < -0.3 is 10.2 Å². The number of hydrogen-bond acceptors (Lipinski definition) is 3. The third-order valence-corrected chi connectivity index (χ3v) is 7.52. The van der Waals surface area contributed by atoms with Gasteiger partial charge in [0.2, 0.25) is 5.91 Å². The van der Waals surface area contributed by atoms with Crippen LogP contribution in [0.2, 0.25) is 0 Å². The monoisotopic (exact) mass is 409 g/mol. The highest BCUT2D eigenvalue weighted by molar-refractivity contribution is 8.02. The van der Waals surface area contributed by atoms with Crippen molar-refractivity contribution in [2.24, 2.45) is 0 Å². The predicted octanol–water partition coefficient (Wildman–Crippen LogP) is 4.72. The van der Waals surface area contributed by atoms with Crippen LogP contribution in [0, 0.1) is 20.8 Å². The summed E-state index contributed by atoms with van der Waals surface area (Å²) in [4.78, 5) is 29.0. The Morgan fingerprint density at radius 1 is 1.00 bits per heavy atom. The molecule has 2 fully saturated rings. The van der Waals surface area contributed by atoms with Crippen molar-refractivity contribution >= 4 is 35.1 Å². The van der Waals surface area contributed by atoms with Gasteiger partial charge in [0, 0.05) is 24.5 Å². The summed E-state index contributed by atoms with van der Waals surface area (Å²) in [5.74, 6) is 0.662. The quantitative estimate of drug-likeness (QED) is 0.781. The summed E-state index contributed by atoms with van der Waals surface area (Å²) in [6, 6.07) is 14.0. The van der Waals surface area contributed by atoms with Crippen molar-refractivity contribution in [3.8, 4) is 0 Å². The first-order valence-electron chi connectivity index (χ1n) is 10.0. The number of likely N-dealkylation sites (tertiary alicyclic amines) is 1. The third kappa shape index (κ3) is 3.86. The number of hydrogen-bond donors (Lipinski definition) is 1. The molecule has 0 bridgehead atoms. The molecule has 2 aromatic rings. The smallest absolute Gasteiger partial charge is 0.321 e. The van der Waals surface area contributed by atoms with Gasteiger partial charge in [0.05, 0.1) is 10.6 Å². The predicted molar refractivity (Wildman–Crippen MR) is 120 cm³/mol. The standard InChI is InChI=1S/C23H27N3O2S/c1-16-4-8-20(9-5-16)26-21(27)15-29-23(26)10-12-25(13-11-23)22(28)24-19-7-6-17(2)18(3)14-19/h4-9,14H,10-13,15H2,1-3H3,(H,24,28). The van der Waals surface area contributed by atoms with Crippen LogP contribution in [0.5, 0.6) is 0 Å². The topological polar surface area (TPSA) is 52.7 Å².